The Morgan fingerprint density at radius 1 is 1.45 bits per heavy atom. The van der Waals surface area contributed by atoms with Crippen molar-refractivity contribution in [1.82, 2.24) is 9.80 Å². The van der Waals surface area contributed by atoms with Gasteiger partial charge in [0, 0.05) is 26.7 Å². The maximum Gasteiger partial charge on any atom is 0.240 e. The van der Waals surface area contributed by atoms with E-state index < -0.39 is 0 Å². The SMILES string of the molecule is CN1CCN(C)C(=O)C(N)C1. The van der Waals surface area contributed by atoms with Crippen LogP contribution in [0.25, 0.3) is 0 Å². The summed E-state index contributed by atoms with van der Waals surface area (Å²) in [6.07, 6.45) is 0. The zero-order chi connectivity index (χ0) is 8.43. The lowest BCUT2D eigenvalue weighted by Crippen LogP contribution is -2.43. The van der Waals surface area contributed by atoms with Crippen LogP contribution in [0.5, 0.6) is 0 Å². The topological polar surface area (TPSA) is 49.6 Å². The molecule has 1 saturated heterocycles. The van der Waals surface area contributed by atoms with Gasteiger partial charge in [0.05, 0.1) is 6.04 Å². The summed E-state index contributed by atoms with van der Waals surface area (Å²) in [7, 11) is 3.77. The Bertz CT molecular complexity index is 160. The molecule has 0 spiro atoms. The highest BCUT2D eigenvalue weighted by Gasteiger charge is 2.22. The number of nitrogens with two attached hydrogens (primary N) is 1. The molecule has 1 unspecified atom stereocenters. The fourth-order valence-corrected chi connectivity index (χ4v) is 1.22. The number of amides is 1. The highest BCUT2D eigenvalue weighted by Crippen LogP contribution is 1.98. The van der Waals surface area contributed by atoms with Crippen molar-refractivity contribution < 1.29 is 4.79 Å². The van der Waals surface area contributed by atoms with Crippen LogP contribution in [0.3, 0.4) is 0 Å². The Morgan fingerprint density at radius 2 is 2.09 bits per heavy atom. The van der Waals surface area contributed by atoms with E-state index in [0.717, 1.165) is 13.1 Å². The number of hydrogen-bond donors (Lipinski definition) is 1. The number of hydrogen-bond acceptors (Lipinski definition) is 3. The molecule has 0 aliphatic carbocycles. The third-order valence-corrected chi connectivity index (χ3v) is 2.02. The van der Waals surface area contributed by atoms with Crippen molar-refractivity contribution in [1.29, 1.82) is 0 Å². The number of carbonyl (C=O) groups excluding carboxylic acids is 1. The third-order valence-electron chi connectivity index (χ3n) is 2.02. The Labute approximate surface area is 66.9 Å². The predicted octanol–water partition coefficient (Wildman–Crippen LogP) is -1.28. The molecule has 1 heterocycles. The van der Waals surface area contributed by atoms with Gasteiger partial charge in [-0.25, -0.2) is 0 Å². The zero-order valence-corrected chi connectivity index (χ0v) is 7.08. The molecule has 4 nitrogen and oxygen atoms in total. The molecule has 1 aliphatic rings. The molecule has 2 N–H and O–H groups in total. The molecule has 1 amide bonds. The third kappa shape index (κ3) is 1.91. The van der Waals surface area contributed by atoms with Crippen molar-refractivity contribution in [3.63, 3.8) is 0 Å². The molecule has 0 saturated carbocycles. The van der Waals surface area contributed by atoms with E-state index in [2.05, 4.69) is 4.90 Å². The van der Waals surface area contributed by atoms with E-state index in [1.165, 1.54) is 0 Å². The average molecular weight is 157 g/mol. The lowest BCUT2D eigenvalue weighted by Gasteiger charge is -2.15. The predicted molar refractivity (Wildman–Crippen MR) is 43.1 cm³/mol. The smallest absolute Gasteiger partial charge is 0.240 e. The fraction of sp³-hybridized carbons (Fsp3) is 0.857. The van der Waals surface area contributed by atoms with Crippen LogP contribution in [-0.2, 0) is 4.79 Å². The van der Waals surface area contributed by atoms with E-state index in [1.807, 2.05) is 7.05 Å². The summed E-state index contributed by atoms with van der Waals surface area (Å²) in [5, 5.41) is 0. The first-order valence-corrected chi connectivity index (χ1v) is 3.80. The monoisotopic (exact) mass is 157 g/mol. The van der Waals surface area contributed by atoms with Crippen molar-refractivity contribution in [2.45, 2.75) is 6.04 Å². The van der Waals surface area contributed by atoms with Crippen LogP contribution in [-0.4, -0.2) is 55.5 Å². The lowest BCUT2D eigenvalue weighted by molar-refractivity contribution is -0.130. The molecule has 0 bridgehead atoms. The number of nitrogens with zero attached hydrogens (tertiary/aromatic N) is 2. The second kappa shape index (κ2) is 3.19. The van der Waals surface area contributed by atoms with E-state index >= 15 is 0 Å². The van der Waals surface area contributed by atoms with Gasteiger partial charge in [0.1, 0.15) is 0 Å². The first kappa shape index (κ1) is 8.49. The largest absolute Gasteiger partial charge is 0.343 e. The van der Waals surface area contributed by atoms with Gasteiger partial charge in [0.15, 0.2) is 0 Å². The molecule has 1 fully saturated rings. The molecule has 0 aromatic heterocycles. The summed E-state index contributed by atoms with van der Waals surface area (Å²) >= 11 is 0. The molecule has 64 valence electrons. The van der Waals surface area contributed by atoms with Gasteiger partial charge >= 0.3 is 0 Å². The number of rotatable bonds is 0. The lowest BCUT2D eigenvalue weighted by atomic mass is 10.3. The molecule has 0 radical (unpaired) electrons. The maximum absolute atomic E-state index is 11.3. The summed E-state index contributed by atoms with van der Waals surface area (Å²) in [5.74, 6) is 0.0503. The molecule has 1 rings (SSSR count). The standard InChI is InChI=1S/C7H15N3O/c1-9-3-4-10(2)7(11)6(8)5-9/h6H,3-5,8H2,1-2H3. The van der Waals surface area contributed by atoms with E-state index in [1.54, 1.807) is 11.9 Å². The minimum Gasteiger partial charge on any atom is -0.343 e. The minimum atomic E-state index is -0.340. The highest BCUT2D eigenvalue weighted by molar-refractivity contribution is 5.81. The fourth-order valence-electron chi connectivity index (χ4n) is 1.22. The van der Waals surface area contributed by atoms with Gasteiger partial charge in [-0.1, -0.05) is 0 Å². The quantitative estimate of drug-likeness (QED) is 0.476. The van der Waals surface area contributed by atoms with Crippen LogP contribution in [0.4, 0.5) is 0 Å². The Morgan fingerprint density at radius 3 is 2.73 bits per heavy atom. The minimum absolute atomic E-state index is 0.0503. The van der Waals surface area contributed by atoms with Gasteiger partial charge in [0.25, 0.3) is 0 Å². The van der Waals surface area contributed by atoms with Crippen LogP contribution in [0.1, 0.15) is 0 Å². The van der Waals surface area contributed by atoms with Crippen molar-refractivity contribution in [2.24, 2.45) is 5.73 Å². The van der Waals surface area contributed by atoms with Gasteiger partial charge in [-0.3, -0.25) is 4.79 Å². The van der Waals surface area contributed by atoms with Crippen LogP contribution < -0.4 is 5.73 Å². The summed E-state index contributed by atoms with van der Waals surface area (Å²) in [6, 6.07) is -0.340. The van der Waals surface area contributed by atoms with Crippen molar-refractivity contribution in [2.75, 3.05) is 33.7 Å². The summed E-state index contributed by atoms with van der Waals surface area (Å²) in [6.45, 7) is 2.36. The van der Waals surface area contributed by atoms with Gasteiger partial charge in [-0.05, 0) is 7.05 Å². The van der Waals surface area contributed by atoms with Crippen LogP contribution in [0.15, 0.2) is 0 Å². The molecule has 0 aromatic rings. The molecule has 0 aromatic carbocycles. The summed E-state index contributed by atoms with van der Waals surface area (Å²) < 4.78 is 0. The molecule has 1 aliphatic heterocycles. The maximum atomic E-state index is 11.3. The van der Waals surface area contributed by atoms with Crippen LogP contribution in [0.2, 0.25) is 0 Å². The van der Waals surface area contributed by atoms with Gasteiger partial charge in [0.2, 0.25) is 5.91 Å². The second-order valence-corrected chi connectivity index (χ2v) is 3.13. The van der Waals surface area contributed by atoms with Gasteiger partial charge in [-0.2, -0.15) is 0 Å². The molecule has 4 heteroatoms. The van der Waals surface area contributed by atoms with Crippen molar-refractivity contribution >= 4 is 5.91 Å². The van der Waals surface area contributed by atoms with E-state index in [0.29, 0.717) is 6.54 Å². The number of carbonyl (C=O) groups is 1. The Hall–Kier alpha value is -0.610. The molecule has 11 heavy (non-hydrogen) atoms. The van der Waals surface area contributed by atoms with E-state index in [9.17, 15) is 4.79 Å². The van der Waals surface area contributed by atoms with E-state index in [4.69, 9.17) is 5.73 Å². The average Bonchev–Trinajstić information content (AvgIpc) is 2.05. The normalized spacial score (nSPS) is 28.8. The van der Waals surface area contributed by atoms with Crippen LogP contribution in [0, 0.1) is 0 Å². The first-order valence-electron chi connectivity index (χ1n) is 3.80. The van der Waals surface area contributed by atoms with E-state index in [-0.39, 0.29) is 11.9 Å². The zero-order valence-electron chi connectivity index (χ0n) is 7.08. The van der Waals surface area contributed by atoms with Crippen molar-refractivity contribution in [3.8, 4) is 0 Å². The Kier molecular flexibility index (Phi) is 2.46. The first-order chi connectivity index (χ1) is 5.11. The van der Waals surface area contributed by atoms with Gasteiger partial charge in [-0.15, -0.1) is 0 Å². The summed E-state index contributed by atoms with van der Waals surface area (Å²) in [5.41, 5.74) is 5.63. The Balaban J connectivity index is 2.61. The molecular weight excluding hydrogens is 142 g/mol. The number of likely N-dealkylation sites (N-methyl/N-ethyl adjacent to an activating group) is 2. The molecule has 1 atom stereocenters. The highest BCUT2D eigenvalue weighted by atomic mass is 16.2. The van der Waals surface area contributed by atoms with Crippen LogP contribution >= 0.6 is 0 Å². The van der Waals surface area contributed by atoms with Crippen molar-refractivity contribution in [3.05, 3.63) is 0 Å². The second-order valence-electron chi connectivity index (χ2n) is 3.13. The molecular formula is C7H15N3O. The van der Waals surface area contributed by atoms with Gasteiger partial charge < -0.3 is 15.5 Å². The summed E-state index contributed by atoms with van der Waals surface area (Å²) in [4.78, 5) is 15.0.